The number of aromatic nitrogens is 4. The van der Waals surface area contributed by atoms with Crippen molar-refractivity contribution < 1.29 is 0 Å². The fourth-order valence-corrected chi connectivity index (χ4v) is 3.11. The number of rotatable bonds is 3. The van der Waals surface area contributed by atoms with Crippen LogP contribution in [-0.4, -0.2) is 50.3 Å². The lowest BCUT2D eigenvalue weighted by molar-refractivity contribution is 0.180. The molecule has 3 heterocycles. The number of hydrogen-bond acceptors (Lipinski definition) is 6. The van der Waals surface area contributed by atoms with Crippen LogP contribution in [0.2, 0.25) is 0 Å². The maximum atomic E-state index is 9.23. The molecule has 7 heteroatoms. The van der Waals surface area contributed by atoms with Gasteiger partial charge in [-0.25, -0.2) is 9.97 Å². The predicted molar refractivity (Wildman–Crippen MR) is 96.1 cm³/mol. The first-order valence-corrected chi connectivity index (χ1v) is 8.62. The second-order valence-corrected chi connectivity index (χ2v) is 7.57. The first kappa shape index (κ1) is 17.4. The molecule has 2 aromatic rings. The summed E-state index contributed by atoms with van der Waals surface area (Å²) in [5.41, 5.74) is 1.63. The Kier molecular flexibility index (Phi) is 4.73. The fraction of sp³-hybridized carbons (Fsp3) is 0.556. The Morgan fingerprint density at radius 1 is 1.24 bits per heavy atom. The maximum Gasteiger partial charge on any atom is 0.183 e. The summed E-state index contributed by atoms with van der Waals surface area (Å²) in [7, 11) is 0. The molecule has 0 amide bonds. The number of piperazine rings is 1. The van der Waals surface area contributed by atoms with E-state index in [0.29, 0.717) is 17.6 Å². The molecule has 1 aliphatic heterocycles. The van der Waals surface area contributed by atoms with Crippen molar-refractivity contribution in [2.45, 2.75) is 45.8 Å². The van der Waals surface area contributed by atoms with E-state index in [2.05, 4.69) is 64.8 Å². The van der Waals surface area contributed by atoms with Crippen LogP contribution >= 0.6 is 0 Å². The van der Waals surface area contributed by atoms with Crippen molar-refractivity contribution in [3.05, 3.63) is 36.0 Å². The molecular weight excluding hydrogens is 314 g/mol. The number of nitrogens with zero attached hydrogens (tertiary/aromatic N) is 7. The van der Waals surface area contributed by atoms with Crippen LogP contribution in [0, 0.1) is 11.3 Å². The van der Waals surface area contributed by atoms with Gasteiger partial charge in [-0.15, -0.1) is 0 Å². The van der Waals surface area contributed by atoms with Crippen molar-refractivity contribution in [2.75, 3.05) is 24.5 Å². The summed E-state index contributed by atoms with van der Waals surface area (Å²) in [6.07, 6.45) is 7.30. The second kappa shape index (κ2) is 6.81. The molecule has 0 aromatic carbocycles. The summed E-state index contributed by atoms with van der Waals surface area (Å²) in [5, 5.41) is 13.7. The Balaban J connectivity index is 1.66. The van der Waals surface area contributed by atoms with Crippen LogP contribution in [0.4, 0.5) is 5.82 Å². The van der Waals surface area contributed by atoms with E-state index in [1.165, 1.54) is 5.56 Å². The van der Waals surface area contributed by atoms with Gasteiger partial charge >= 0.3 is 0 Å². The number of hydrogen-bond donors (Lipinski definition) is 0. The van der Waals surface area contributed by atoms with Gasteiger partial charge in [-0.05, 0) is 27.7 Å². The van der Waals surface area contributed by atoms with E-state index in [1.807, 2.05) is 10.9 Å². The Bertz CT molecular complexity index is 768. The van der Waals surface area contributed by atoms with Crippen LogP contribution < -0.4 is 4.90 Å². The zero-order valence-corrected chi connectivity index (χ0v) is 15.3. The molecule has 0 saturated carbocycles. The third-order valence-corrected chi connectivity index (χ3v) is 4.56. The van der Waals surface area contributed by atoms with Gasteiger partial charge in [0.2, 0.25) is 0 Å². The predicted octanol–water partition coefficient (Wildman–Crippen LogP) is 2.01. The average Bonchev–Trinajstić information content (AvgIpc) is 3.05. The van der Waals surface area contributed by atoms with E-state index in [9.17, 15) is 5.26 Å². The van der Waals surface area contributed by atoms with Crippen LogP contribution in [0.3, 0.4) is 0 Å². The quantitative estimate of drug-likeness (QED) is 0.852. The highest BCUT2D eigenvalue weighted by Crippen LogP contribution is 2.21. The molecule has 0 spiro atoms. The minimum Gasteiger partial charge on any atom is -0.351 e. The summed E-state index contributed by atoms with van der Waals surface area (Å²) in [4.78, 5) is 13.1. The van der Waals surface area contributed by atoms with E-state index >= 15 is 0 Å². The van der Waals surface area contributed by atoms with Crippen molar-refractivity contribution in [3.63, 3.8) is 0 Å². The molecule has 0 aliphatic carbocycles. The normalized spacial score (nSPS) is 19.0. The Labute approximate surface area is 148 Å². The van der Waals surface area contributed by atoms with Crippen LogP contribution in [0.1, 0.15) is 39.0 Å². The van der Waals surface area contributed by atoms with Crippen molar-refractivity contribution in [2.24, 2.45) is 0 Å². The third-order valence-electron chi connectivity index (χ3n) is 4.56. The molecule has 7 nitrogen and oxygen atoms in total. The van der Waals surface area contributed by atoms with Gasteiger partial charge in [-0.3, -0.25) is 9.58 Å². The third kappa shape index (κ3) is 3.80. The van der Waals surface area contributed by atoms with E-state index in [-0.39, 0.29) is 5.54 Å². The topological polar surface area (TPSA) is 73.9 Å². The Morgan fingerprint density at radius 3 is 2.64 bits per heavy atom. The summed E-state index contributed by atoms with van der Waals surface area (Å²) in [6, 6.07) is 2.50. The Morgan fingerprint density at radius 2 is 2.00 bits per heavy atom. The maximum absolute atomic E-state index is 9.23. The molecule has 3 rings (SSSR count). The molecule has 1 fully saturated rings. The second-order valence-electron chi connectivity index (χ2n) is 7.57. The lowest BCUT2D eigenvalue weighted by Gasteiger charge is -2.40. The van der Waals surface area contributed by atoms with E-state index < -0.39 is 0 Å². The molecule has 132 valence electrons. The summed E-state index contributed by atoms with van der Waals surface area (Å²) >= 11 is 0. The Hall–Kier alpha value is -2.46. The first-order chi connectivity index (χ1) is 11.9. The molecule has 0 N–H and O–H groups in total. The molecule has 25 heavy (non-hydrogen) atoms. The molecule has 1 saturated heterocycles. The van der Waals surface area contributed by atoms with Gasteiger partial charge in [0, 0.05) is 56.4 Å². The molecule has 2 aromatic heterocycles. The van der Waals surface area contributed by atoms with Crippen molar-refractivity contribution in [1.29, 1.82) is 5.26 Å². The van der Waals surface area contributed by atoms with Gasteiger partial charge in [-0.2, -0.15) is 10.4 Å². The zero-order valence-electron chi connectivity index (χ0n) is 15.3. The van der Waals surface area contributed by atoms with Gasteiger partial charge in [-0.1, -0.05) is 0 Å². The van der Waals surface area contributed by atoms with Gasteiger partial charge in [0.15, 0.2) is 11.5 Å². The molecule has 0 radical (unpaired) electrons. The van der Waals surface area contributed by atoms with Gasteiger partial charge in [0.1, 0.15) is 6.07 Å². The lowest BCUT2D eigenvalue weighted by atomic mass is 10.1. The highest BCUT2D eigenvalue weighted by molar-refractivity contribution is 5.49. The van der Waals surface area contributed by atoms with Crippen LogP contribution in [-0.2, 0) is 12.1 Å². The molecule has 0 bridgehead atoms. The average molecular weight is 339 g/mol. The number of anilines is 1. The van der Waals surface area contributed by atoms with Crippen LogP contribution in [0.5, 0.6) is 0 Å². The van der Waals surface area contributed by atoms with Gasteiger partial charge in [0.05, 0.1) is 11.7 Å². The smallest absolute Gasteiger partial charge is 0.183 e. The van der Waals surface area contributed by atoms with Crippen LogP contribution in [0.25, 0.3) is 0 Å². The minimum absolute atomic E-state index is 0.00222. The van der Waals surface area contributed by atoms with E-state index in [1.54, 1.807) is 12.4 Å². The summed E-state index contributed by atoms with van der Waals surface area (Å²) < 4.78 is 2.02. The summed E-state index contributed by atoms with van der Waals surface area (Å²) in [5.74, 6) is 0.692. The van der Waals surface area contributed by atoms with Crippen molar-refractivity contribution >= 4 is 5.82 Å². The summed E-state index contributed by atoms with van der Waals surface area (Å²) in [6.45, 7) is 12.1. The molecule has 1 unspecified atom stereocenters. The fourth-order valence-electron chi connectivity index (χ4n) is 3.11. The van der Waals surface area contributed by atoms with E-state index in [0.717, 1.165) is 26.2 Å². The molecular formula is C18H25N7. The highest BCUT2D eigenvalue weighted by atomic mass is 15.3. The largest absolute Gasteiger partial charge is 0.351 e. The van der Waals surface area contributed by atoms with Gasteiger partial charge < -0.3 is 4.90 Å². The molecule has 1 aliphatic rings. The zero-order chi connectivity index (χ0) is 18.0. The standard InChI is InChI=1S/C18H25N7/c1-14-11-24(17-16(9-19)20-5-6-21-17)8-7-23(14)12-15-10-22-25(13-15)18(2,3)4/h5-6,10,13-14H,7-8,11-12H2,1-4H3. The van der Waals surface area contributed by atoms with Crippen molar-refractivity contribution in [3.8, 4) is 6.07 Å². The first-order valence-electron chi connectivity index (χ1n) is 8.62. The van der Waals surface area contributed by atoms with Crippen molar-refractivity contribution in [1.82, 2.24) is 24.6 Å². The molecule has 1 atom stereocenters. The highest BCUT2D eigenvalue weighted by Gasteiger charge is 2.26. The SMILES string of the molecule is CC1CN(c2nccnc2C#N)CCN1Cc1cnn(C(C)(C)C)c1. The monoisotopic (exact) mass is 339 g/mol. The lowest BCUT2D eigenvalue weighted by Crippen LogP contribution is -2.51. The van der Waals surface area contributed by atoms with Crippen LogP contribution in [0.15, 0.2) is 24.8 Å². The van der Waals surface area contributed by atoms with Gasteiger partial charge in [0.25, 0.3) is 0 Å². The van der Waals surface area contributed by atoms with E-state index in [4.69, 9.17) is 0 Å². The number of nitriles is 1. The minimum atomic E-state index is 0.00222.